The lowest BCUT2D eigenvalue weighted by molar-refractivity contribution is -0.143. The van der Waals surface area contributed by atoms with Crippen molar-refractivity contribution in [2.24, 2.45) is 5.92 Å². The molecule has 0 aliphatic heterocycles. The number of carbonyl (C=O) groups excluding carboxylic acids is 3. The summed E-state index contributed by atoms with van der Waals surface area (Å²) in [6.45, 7) is 18.7. The number of amides is 3. The van der Waals surface area contributed by atoms with Crippen molar-refractivity contribution in [3.8, 4) is 0 Å². The molecular formula is C33H57N3O4. The van der Waals surface area contributed by atoms with E-state index < -0.39 is 23.8 Å². The molecule has 0 fully saturated rings. The molecule has 1 aromatic carbocycles. The third-order valence-electron chi connectivity index (χ3n) is 6.94. The molecule has 7 nitrogen and oxygen atoms in total. The van der Waals surface area contributed by atoms with E-state index in [1.54, 1.807) is 25.7 Å². The van der Waals surface area contributed by atoms with E-state index >= 15 is 0 Å². The zero-order valence-electron chi connectivity index (χ0n) is 26.8. The second-order valence-corrected chi connectivity index (χ2v) is 12.5. The zero-order chi connectivity index (χ0) is 30.3. The molecule has 2 N–H and O–H groups in total. The number of carbonyl (C=O) groups is 3. The van der Waals surface area contributed by atoms with Gasteiger partial charge in [0.15, 0.2) is 0 Å². The Kier molecular flexibility index (Phi) is 15.9. The van der Waals surface area contributed by atoms with Crippen LogP contribution < -0.4 is 10.6 Å². The number of nitrogens with zero attached hydrogens (tertiary/aromatic N) is 1. The van der Waals surface area contributed by atoms with Gasteiger partial charge in [0, 0.05) is 13.1 Å². The number of hydrogen-bond acceptors (Lipinski definition) is 4. The van der Waals surface area contributed by atoms with Crippen molar-refractivity contribution < 1.29 is 19.1 Å². The highest BCUT2D eigenvalue weighted by Gasteiger charge is 2.37. The molecule has 0 saturated heterocycles. The third kappa shape index (κ3) is 12.7. The van der Waals surface area contributed by atoms with Gasteiger partial charge in [0.1, 0.15) is 17.7 Å². The molecule has 3 amide bonds. The maximum absolute atomic E-state index is 14.4. The lowest BCUT2D eigenvalue weighted by Crippen LogP contribution is -2.54. The monoisotopic (exact) mass is 559 g/mol. The van der Waals surface area contributed by atoms with Crippen LogP contribution in [0.1, 0.15) is 129 Å². The van der Waals surface area contributed by atoms with Crippen molar-refractivity contribution in [2.75, 3.05) is 13.1 Å². The fourth-order valence-corrected chi connectivity index (χ4v) is 4.94. The summed E-state index contributed by atoms with van der Waals surface area (Å²) < 4.78 is 5.51. The van der Waals surface area contributed by atoms with E-state index in [-0.39, 0.29) is 17.7 Å². The number of hydrogen-bond donors (Lipinski definition) is 2. The van der Waals surface area contributed by atoms with Gasteiger partial charge in [0.2, 0.25) is 11.8 Å². The van der Waals surface area contributed by atoms with Gasteiger partial charge in [-0.15, -0.1) is 0 Å². The Bertz CT molecular complexity index is 903. The highest BCUT2D eigenvalue weighted by atomic mass is 16.6. The van der Waals surface area contributed by atoms with E-state index in [0.717, 1.165) is 48.8 Å². The van der Waals surface area contributed by atoms with Gasteiger partial charge in [0.25, 0.3) is 0 Å². The Morgan fingerprint density at radius 1 is 0.900 bits per heavy atom. The summed E-state index contributed by atoms with van der Waals surface area (Å²) in [5, 5.41) is 5.94. The molecule has 0 aliphatic rings. The fraction of sp³-hybridized carbons (Fsp3) is 0.727. The summed E-state index contributed by atoms with van der Waals surface area (Å²) in [4.78, 5) is 42.8. The van der Waals surface area contributed by atoms with Gasteiger partial charge in [-0.05, 0) is 76.5 Å². The number of unbranched alkanes of at least 4 members (excludes halogenated alkanes) is 6. The molecule has 0 aliphatic carbocycles. The summed E-state index contributed by atoms with van der Waals surface area (Å²) >= 11 is 0. The van der Waals surface area contributed by atoms with E-state index in [0.29, 0.717) is 19.5 Å². The molecule has 0 heterocycles. The van der Waals surface area contributed by atoms with Crippen LogP contribution in [0.15, 0.2) is 18.2 Å². The Balaban J connectivity index is 3.51. The highest BCUT2D eigenvalue weighted by Crippen LogP contribution is 2.30. The Hall–Kier alpha value is -2.57. The molecule has 7 heteroatoms. The Labute approximate surface area is 244 Å². The fourth-order valence-electron chi connectivity index (χ4n) is 4.94. The largest absolute Gasteiger partial charge is 0.444 e. The summed E-state index contributed by atoms with van der Waals surface area (Å²) in [6, 6.07) is 4.38. The van der Waals surface area contributed by atoms with Crippen molar-refractivity contribution in [2.45, 2.75) is 138 Å². The van der Waals surface area contributed by atoms with Gasteiger partial charge in [-0.25, -0.2) is 4.79 Å². The topological polar surface area (TPSA) is 87.7 Å². The first-order valence-electron chi connectivity index (χ1n) is 15.5. The van der Waals surface area contributed by atoms with E-state index in [4.69, 9.17) is 4.74 Å². The summed E-state index contributed by atoms with van der Waals surface area (Å²) in [5.74, 6) is -0.269. The molecular weight excluding hydrogens is 502 g/mol. The van der Waals surface area contributed by atoms with Crippen LogP contribution in [0, 0.1) is 19.8 Å². The average molecular weight is 560 g/mol. The molecule has 0 bridgehead atoms. The molecule has 2 atom stereocenters. The van der Waals surface area contributed by atoms with E-state index in [1.165, 1.54) is 19.3 Å². The molecule has 2 unspecified atom stereocenters. The molecule has 0 radical (unpaired) electrons. The molecule has 0 spiro atoms. The summed E-state index contributed by atoms with van der Waals surface area (Å²) in [7, 11) is 0. The maximum Gasteiger partial charge on any atom is 0.408 e. The average Bonchev–Trinajstić information content (AvgIpc) is 2.84. The van der Waals surface area contributed by atoms with Crippen LogP contribution in [0.5, 0.6) is 0 Å². The summed E-state index contributed by atoms with van der Waals surface area (Å²) in [5.41, 5.74) is 2.11. The van der Waals surface area contributed by atoms with Crippen molar-refractivity contribution in [3.63, 3.8) is 0 Å². The predicted molar refractivity (Wildman–Crippen MR) is 164 cm³/mol. The number of alkyl carbamates (subject to hydrolysis) is 1. The molecule has 40 heavy (non-hydrogen) atoms. The first-order valence-corrected chi connectivity index (χ1v) is 15.5. The first kappa shape index (κ1) is 35.5. The second-order valence-electron chi connectivity index (χ2n) is 12.5. The maximum atomic E-state index is 14.4. The molecule has 1 rings (SSSR count). The minimum atomic E-state index is -0.801. The zero-order valence-corrected chi connectivity index (χ0v) is 26.8. The van der Waals surface area contributed by atoms with Crippen LogP contribution in [0.3, 0.4) is 0 Å². The van der Waals surface area contributed by atoms with Crippen LogP contribution in [0.25, 0.3) is 0 Å². The smallest absolute Gasteiger partial charge is 0.408 e. The van der Waals surface area contributed by atoms with Gasteiger partial charge >= 0.3 is 6.09 Å². The third-order valence-corrected chi connectivity index (χ3v) is 6.94. The number of nitrogens with one attached hydrogen (secondary N) is 2. The highest BCUT2D eigenvalue weighted by molar-refractivity contribution is 5.92. The molecule has 228 valence electrons. The predicted octanol–water partition coefficient (Wildman–Crippen LogP) is 7.39. The normalized spacial score (nSPS) is 13.1. The van der Waals surface area contributed by atoms with Crippen LogP contribution >= 0.6 is 0 Å². The standard InChI is InChI=1S/C33H57N3O4/c1-10-12-14-15-16-17-22-36(31(38)27(23-24(3)4)35-32(39)40-33(7,8)9)29(30(37)34-21-13-11-2)28-25(5)19-18-20-26(28)6/h18-20,24,27,29H,10-17,21-23H2,1-9H3,(H,34,37)(H,35,39). The lowest BCUT2D eigenvalue weighted by Gasteiger charge is -2.36. The number of benzene rings is 1. The van der Waals surface area contributed by atoms with E-state index in [9.17, 15) is 14.4 Å². The Morgan fingerprint density at radius 3 is 2.02 bits per heavy atom. The first-order chi connectivity index (χ1) is 18.8. The van der Waals surface area contributed by atoms with Gasteiger partial charge in [-0.2, -0.15) is 0 Å². The number of aryl methyl sites for hydroxylation is 2. The van der Waals surface area contributed by atoms with E-state index in [1.807, 2.05) is 45.9 Å². The van der Waals surface area contributed by atoms with Crippen molar-refractivity contribution in [1.82, 2.24) is 15.5 Å². The quantitative estimate of drug-likeness (QED) is 0.195. The van der Waals surface area contributed by atoms with Gasteiger partial charge < -0.3 is 20.3 Å². The summed E-state index contributed by atoms with van der Waals surface area (Å²) in [6.07, 6.45) is 8.06. The molecule has 0 aromatic heterocycles. The van der Waals surface area contributed by atoms with E-state index in [2.05, 4.69) is 24.5 Å². The van der Waals surface area contributed by atoms with Gasteiger partial charge in [-0.3, -0.25) is 9.59 Å². The second kappa shape index (κ2) is 18.0. The van der Waals surface area contributed by atoms with Crippen molar-refractivity contribution >= 4 is 17.9 Å². The Morgan fingerprint density at radius 2 is 1.48 bits per heavy atom. The van der Waals surface area contributed by atoms with Gasteiger partial charge in [0.05, 0.1) is 0 Å². The molecule has 0 saturated carbocycles. The minimum Gasteiger partial charge on any atom is -0.444 e. The lowest BCUT2D eigenvalue weighted by atomic mass is 9.92. The van der Waals surface area contributed by atoms with Crippen LogP contribution in [-0.2, 0) is 14.3 Å². The van der Waals surface area contributed by atoms with Crippen molar-refractivity contribution in [3.05, 3.63) is 34.9 Å². The molecule has 1 aromatic rings. The van der Waals surface area contributed by atoms with Crippen LogP contribution in [-0.4, -0.2) is 47.5 Å². The van der Waals surface area contributed by atoms with Crippen LogP contribution in [0.4, 0.5) is 4.79 Å². The number of ether oxygens (including phenoxy) is 1. The SMILES string of the molecule is CCCCCCCCN(C(=O)C(CC(C)C)NC(=O)OC(C)(C)C)C(C(=O)NCCCC)c1c(C)cccc1C. The van der Waals surface area contributed by atoms with Crippen LogP contribution in [0.2, 0.25) is 0 Å². The van der Waals surface area contributed by atoms with Crippen molar-refractivity contribution in [1.29, 1.82) is 0 Å². The number of rotatable bonds is 17. The minimum absolute atomic E-state index is 0.150. The van der Waals surface area contributed by atoms with Gasteiger partial charge in [-0.1, -0.05) is 84.4 Å².